The maximum atomic E-state index is 12.4. The van der Waals surface area contributed by atoms with Gasteiger partial charge in [-0.3, -0.25) is 19.3 Å². The third kappa shape index (κ3) is 19.3. The Bertz CT molecular complexity index is 1300. The molecule has 14 nitrogen and oxygen atoms in total. The van der Waals surface area contributed by atoms with E-state index in [1.807, 2.05) is 90.0 Å². The Morgan fingerprint density at radius 2 is 1.00 bits per heavy atom. The molecule has 3 aliphatic heterocycles. The fourth-order valence-corrected chi connectivity index (χ4v) is 10.1. The molecule has 0 bridgehead atoms. The van der Waals surface area contributed by atoms with Gasteiger partial charge in [-0.1, -0.05) is 79.4 Å². The lowest BCUT2D eigenvalue weighted by atomic mass is 9.85. The molecule has 5 N–H and O–H groups in total. The van der Waals surface area contributed by atoms with Gasteiger partial charge in [0.25, 0.3) is 7.52 Å². The second-order valence-electron chi connectivity index (χ2n) is 17.3. The fraction of sp³-hybridized carbons (Fsp3) is 1.00. The molecule has 59 heavy (non-hydrogen) atoms. The topological polar surface area (TPSA) is 175 Å². The molecule has 0 spiro atoms. The zero-order chi connectivity index (χ0) is 45.8. The van der Waals surface area contributed by atoms with Gasteiger partial charge in [-0.25, -0.2) is 5.09 Å². The average molecular weight is 930 g/mol. The van der Waals surface area contributed by atoms with Gasteiger partial charge in [-0.05, 0) is 60.3 Å². The number of nitrogens with one attached hydrogen (secondary N) is 3. The van der Waals surface area contributed by atoms with Gasteiger partial charge < -0.3 is 42.9 Å². The van der Waals surface area contributed by atoms with Crippen molar-refractivity contribution < 1.29 is 52.1 Å². The number of hydrogen-bond donors (Lipinski definition) is 6. The zero-order valence-corrected chi connectivity index (χ0v) is 42.6. The van der Waals surface area contributed by atoms with Crippen LogP contribution in [0.5, 0.6) is 0 Å². The van der Waals surface area contributed by atoms with E-state index in [2.05, 4.69) is 27.5 Å². The third-order valence-electron chi connectivity index (χ3n) is 10.3. The summed E-state index contributed by atoms with van der Waals surface area (Å²) in [5.74, 6) is 0.161. The minimum absolute atomic E-state index is 0.0261. The van der Waals surface area contributed by atoms with Crippen LogP contribution in [0.25, 0.3) is 0 Å². The highest BCUT2D eigenvalue weighted by Crippen LogP contribution is 2.53. The Labute approximate surface area is 371 Å². The van der Waals surface area contributed by atoms with Gasteiger partial charge >= 0.3 is 0 Å². The Balaban J connectivity index is 0.000000443. The molecule has 3 fully saturated rings. The first-order chi connectivity index (χ1) is 27.0. The van der Waals surface area contributed by atoms with Crippen molar-refractivity contribution in [2.45, 2.75) is 200 Å². The monoisotopic (exact) mass is 929 g/mol. The van der Waals surface area contributed by atoms with Crippen LogP contribution in [-0.2, 0) is 54.1 Å². The van der Waals surface area contributed by atoms with Gasteiger partial charge in [0.1, 0.15) is 30.0 Å². The second-order valence-corrected chi connectivity index (χ2v) is 28.4. The van der Waals surface area contributed by atoms with E-state index in [-0.39, 0.29) is 77.8 Å². The van der Waals surface area contributed by atoms with Crippen molar-refractivity contribution in [3.8, 4) is 0 Å². The first-order valence-electron chi connectivity index (χ1n) is 21.0. The Hall–Kier alpha value is 1.17. The van der Waals surface area contributed by atoms with E-state index in [1.165, 1.54) is 0 Å². The molecular weight excluding hydrogens is 852 g/mol. The van der Waals surface area contributed by atoms with Gasteiger partial charge in [0, 0.05) is 53.7 Å². The summed E-state index contributed by atoms with van der Waals surface area (Å²) in [6, 6.07) is -1.99. The summed E-state index contributed by atoms with van der Waals surface area (Å²) in [5, 5.41) is 9.14. The van der Waals surface area contributed by atoms with E-state index in [0.29, 0.717) is 26.4 Å². The molecule has 3 saturated heterocycles. The molecule has 0 aromatic carbocycles. The Morgan fingerprint density at radius 1 is 0.627 bits per heavy atom. The van der Waals surface area contributed by atoms with Crippen LogP contribution >= 0.6 is 32.7 Å². The van der Waals surface area contributed by atoms with Crippen LogP contribution in [-0.4, -0.2) is 156 Å². The highest BCUT2D eigenvalue weighted by atomic mass is 32.7. The first kappa shape index (κ1) is 58.2. The van der Waals surface area contributed by atoms with Crippen LogP contribution in [0, 0.1) is 11.8 Å². The molecule has 3 aliphatic rings. The lowest BCUT2D eigenvalue weighted by Crippen LogP contribution is -2.47. The quantitative estimate of drug-likeness (QED) is 0.0527. The third-order valence-corrected chi connectivity index (χ3v) is 19.8. The van der Waals surface area contributed by atoms with Gasteiger partial charge in [-0.15, -0.1) is 0 Å². The highest BCUT2D eigenvalue weighted by Gasteiger charge is 2.46. The molecule has 3 heterocycles. The van der Waals surface area contributed by atoms with Crippen molar-refractivity contribution in [3.05, 3.63) is 0 Å². The summed E-state index contributed by atoms with van der Waals surface area (Å²) >= 11 is 9.59. The van der Waals surface area contributed by atoms with Crippen molar-refractivity contribution in [1.29, 1.82) is 0 Å². The number of rotatable bonds is 20. The molecule has 22 heteroatoms. The van der Waals surface area contributed by atoms with E-state index < -0.39 is 50.3 Å². The summed E-state index contributed by atoms with van der Waals surface area (Å²) in [7, 11) is 14.3. The minimum Gasteiger partial charge on any atom is -0.380 e. The molecule has 6 radical (unpaired) electrons. The van der Waals surface area contributed by atoms with Crippen LogP contribution in [0.15, 0.2) is 0 Å². The van der Waals surface area contributed by atoms with Crippen LogP contribution in [0.3, 0.4) is 0 Å². The zero-order valence-electron chi connectivity index (χ0n) is 38.2. The average Bonchev–Trinajstić information content (AvgIpc) is 3.65. The van der Waals surface area contributed by atoms with Crippen molar-refractivity contribution in [3.63, 3.8) is 0 Å². The fourth-order valence-electron chi connectivity index (χ4n) is 6.01. The van der Waals surface area contributed by atoms with Gasteiger partial charge in [0.15, 0.2) is 0 Å². The predicted molar refractivity (Wildman–Crippen MR) is 249 cm³/mol. The minimum atomic E-state index is -3.51. The van der Waals surface area contributed by atoms with E-state index in [9.17, 15) is 18.9 Å². The van der Waals surface area contributed by atoms with Crippen molar-refractivity contribution >= 4 is 68.0 Å². The number of hydrogen-bond acceptors (Lipinski definition) is 10. The smallest absolute Gasteiger partial charge is 0.270 e. The first-order valence-corrected chi connectivity index (χ1v) is 28.5. The molecule has 6 unspecified atom stereocenters. The molecule has 3 rings (SSSR count). The van der Waals surface area contributed by atoms with Crippen molar-refractivity contribution in [1.82, 2.24) is 15.3 Å². The van der Waals surface area contributed by atoms with Crippen molar-refractivity contribution in [2.75, 3.05) is 26.4 Å². The largest absolute Gasteiger partial charge is 0.380 e. The number of thiol groups is 1. The standard InChI is InChI=1S/C13H27BNO5P.2C12H25BNO3PS/c1-6-18-12-11(15-21(16,17)9(4)5)10(20-13(12)14)7-19-8(2)3;2*1-7(2)16-6-10-11(9(5)12(13)17-10)14-18(15,19)8(3)4/h8-13H,6-7H2,1-5H3,(H2,15,16,17);2*7-12H,6H2,1-5H3,(H2,14,15,19)/t10-,11?,12+,13-;2*9-,10+,11?,12+,18?/m100/s1. The lowest BCUT2D eigenvalue weighted by Gasteiger charge is -2.30. The summed E-state index contributed by atoms with van der Waals surface area (Å²) in [5.41, 5.74) is -0.409. The number of ether oxygens (including phenoxy) is 7. The van der Waals surface area contributed by atoms with E-state index in [1.54, 1.807) is 13.8 Å². The van der Waals surface area contributed by atoms with Crippen LogP contribution in [0.2, 0.25) is 0 Å². The molecule has 0 aliphatic carbocycles. The summed E-state index contributed by atoms with van der Waals surface area (Å²) < 4.78 is 64.1. The Morgan fingerprint density at radius 3 is 1.34 bits per heavy atom. The maximum absolute atomic E-state index is 12.4. The molecule has 0 aromatic heterocycles. The second kappa shape index (κ2) is 26.4. The summed E-state index contributed by atoms with van der Waals surface area (Å²) in [4.78, 5) is 20.4. The summed E-state index contributed by atoms with van der Waals surface area (Å²) in [6.07, 6.45) is -3.51. The molecule has 0 saturated carbocycles. The lowest BCUT2D eigenvalue weighted by molar-refractivity contribution is -0.0242. The molecule has 342 valence electrons. The van der Waals surface area contributed by atoms with E-state index in [4.69, 9.17) is 68.5 Å². The SMILES string of the molecule is [B][C@@H]1O[C@H](COC(C)C)C(NP(=O)(O)C(C)C)[C@@H]1OCC.[B][C@@H]1O[C@H](COC(C)C)C(NP(=O)(S)C(C)C)[C@@H]1C.[B][C@@H]1O[C@H](COC(C)C)C(NP(O)(=S)C(C)C)[C@@H]1C. The van der Waals surface area contributed by atoms with E-state index >= 15 is 0 Å². The van der Waals surface area contributed by atoms with Crippen LogP contribution < -0.4 is 15.3 Å². The highest BCUT2D eigenvalue weighted by molar-refractivity contribution is 8.47. The van der Waals surface area contributed by atoms with Crippen LogP contribution in [0.1, 0.15) is 104 Å². The Kier molecular flexibility index (Phi) is 26.0. The summed E-state index contributed by atoms with van der Waals surface area (Å²) in [6.45, 7) is 27.5. The van der Waals surface area contributed by atoms with Gasteiger partial charge in [-0.2, -0.15) is 0 Å². The van der Waals surface area contributed by atoms with Crippen LogP contribution in [0.4, 0.5) is 0 Å². The molecular formula is C37H77B3N3O11P3S2. The molecule has 0 aromatic rings. The predicted octanol–water partition coefficient (Wildman–Crippen LogP) is 5.30. The normalized spacial score (nSPS) is 34.2. The maximum Gasteiger partial charge on any atom is 0.270 e. The van der Waals surface area contributed by atoms with Crippen molar-refractivity contribution in [2.24, 2.45) is 11.8 Å². The molecule has 15 atom stereocenters. The molecule has 0 amide bonds. The van der Waals surface area contributed by atoms with E-state index in [0.717, 1.165) is 0 Å². The van der Waals surface area contributed by atoms with Gasteiger partial charge in [0.2, 0.25) is 6.49 Å². The van der Waals surface area contributed by atoms with Gasteiger partial charge in [0.05, 0.1) is 68.6 Å².